The van der Waals surface area contributed by atoms with Crippen molar-refractivity contribution in [2.75, 3.05) is 12.9 Å². The quantitative estimate of drug-likeness (QED) is 0.700. The molecule has 0 bridgehead atoms. The topological polar surface area (TPSA) is 47.6 Å². The predicted molar refractivity (Wildman–Crippen MR) is 110 cm³/mol. The first-order valence-electron chi connectivity index (χ1n) is 9.25. The van der Waals surface area contributed by atoms with Crippen LogP contribution in [0.2, 0.25) is 0 Å². The van der Waals surface area contributed by atoms with Gasteiger partial charge in [-0.05, 0) is 31.5 Å². The molecule has 5 heteroatoms. The van der Waals surface area contributed by atoms with Crippen molar-refractivity contribution in [1.29, 1.82) is 0 Å². The number of benzene rings is 2. The molecule has 0 fully saturated rings. The fourth-order valence-electron chi connectivity index (χ4n) is 3.28. The van der Waals surface area contributed by atoms with E-state index in [0.717, 1.165) is 35.0 Å². The van der Waals surface area contributed by atoms with Gasteiger partial charge in [0.15, 0.2) is 0 Å². The maximum absolute atomic E-state index is 12.5. The smallest absolute Gasteiger partial charge is 0.221 e. The summed E-state index contributed by atoms with van der Waals surface area (Å²) < 4.78 is 11.4. The summed E-state index contributed by atoms with van der Waals surface area (Å²) in [5, 5.41) is 3.19. The molecule has 1 amide bonds. The molecule has 0 aliphatic carbocycles. The Labute approximate surface area is 165 Å². The van der Waals surface area contributed by atoms with Gasteiger partial charge < -0.3 is 14.8 Å². The van der Waals surface area contributed by atoms with E-state index in [4.69, 9.17) is 9.47 Å². The Kier molecular flexibility index (Phi) is 6.32. The number of amides is 1. The zero-order valence-corrected chi connectivity index (χ0v) is 17.0. The minimum Gasteiger partial charge on any atom is -0.497 e. The van der Waals surface area contributed by atoms with Gasteiger partial charge in [0, 0.05) is 36.0 Å². The van der Waals surface area contributed by atoms with Crippen LogP contribution in [0, 0.1) is 0 Å². The highest BCUT2D eigenvalue weighted by atomic mass is 32.2. The lowest BCUT2D eigenvalue weighted by Crippen LogP contribution is -2.41. The maximum atomic E-state index is 12.5. The molecule has 3 rings (SSSR count). The Hall–Kier alpha value is -2.14. The van der Waals surface area contributed by atoms with Gasteiger partial charge in [0.2, 0.25) is 5.91 Å². The third-order valence-electron chi connectivity index (χ3n) is 4.60. The molecule has 0 aromatic heterocycles. The molecular formula is C22H27NO3S. The lowest BCUT2D eigenvalue weighted by molar-refractivity contribution is -0.121. The summed E-state index contributed by atoms with van der Waals surface area (Å²) in [5.41, 5.74) is 1.97. The number of hydrogen-bond donors (Lipinski definition) is 1. The minimum atomic E-state index is -0.334. The molecule has 0 saturated carbocycles. The molecule has 0 radical (unpaired) electrons. The molecule has 0 saturated heterocycles. The lowest BCUT2D eigenvalue weighted by atomic mass is 9.89. The SMILES string of the molecule is COc1ccc2c(c1)OC(C)(C)CC2NC(=O)CCSCc1ccccc1. The summed E-state index contributed by atoms with van der Waals surface area (Å²) in [4.78, 5) is 12.5. The Bertz CT molecular complexity index is 776. The fraction of sp³-hybridized carbons (Fsp3) is 0.409. The number of hydrogen-bond acceptors (Lipinski definition) is 4. The van der Waals surface area contributed by atoms with Crippen LogP contribution in [0.25, 0.3) is 0 Å². The fourth-order valence-corrected chi connectivity index (χ4v) is 4.19. The molecule has 1 atom stereocenters. The Morgan fingerprint density at radius 2 is 2.04 bits per heavy atom. The van der Waals surface area contributed by atoms with Crippen LogP contribution in [0.1, 0.15) is 43.9 Å². The zero-order chi connectivity index (χ0) is 19.3. The van der Waals surface area contributed by atoms with Crippen LogP contribution in [0.15, 0.2) is 48.5 Å². The first kappa shape index (κ1) is 19.6. The molecule has 1 heterocycles. The normalized spacial score (nSPS) is 17.5. The molecule has 4 nitrogen and oxygen atoms in total. The van der Waals surface area contributed by atoms with Gasteiger partial charge in [0.1, 0.15) is 17.1 Å². The summed E-state index contributed by atoms with van der Waals surface area (Å²) >= 11 is 1.78. The number of carbonyl (C=O) groups is 1. The van der Waals surface area contributed by atoms with E-state index in [2.05, 4.69) is 17.4 Å². The number of rotatable bonds is 7. The van der Waals surface area contributed by atoms with Crippen molar-refractivity contribution in [3.8, 4) is 11.5 Å². The van der Waals surface area contributed by atoms with Gasteiger partial charge in [-0.1, -0.05) is 30.3 Å². The van der Waals surface area contributed by atoms with Crippen LogP contribution < -0.4 is 14.8 Å². The molecule has 1 N–H and O–H groups in total. The molecule has 1 unspecified atom stereocenters. The molecule has 2 aromatic carbocycles. The van der Waals surface area contributed by atoms with E-state index in [9.17, 15) is 4.79 Å². The molecule has 2 aromatic rings. The number of carbonyl (C=O) groups excluding carboxylic acids is 1. The average Bonchev–Trinajstić information content (AvgIpc) is 2.64. The van der Waals surface area contributed by atoms with Gasteiger partial charge in [0.05, 0.1) is 13.2 Å². The van der Waals surface area contributed by atoms with Crippen molar-refractivity contribution in [3.05, 3.63) is 59.7 Å². The van der Waals surface area contributed by atoms with Crippen molar-refractivity contribution < 1.29 is 14.3 Å². The Balaban J connectivity index is 1.55. The second-order valence-electron chi connectivity index (χ2n) is 7.38. The van der Waals surface area contributed by atoms with Crippen molar-refractivity contribution in [1.82, 2.24) is 5.32 Å². The summed E-state index contributed by atoms with van der Waals surface area (Å²) in [6.45, 7) is 4.09. The molecule has 1 aliphatic heterocycles. The second kappa shape index (κ2) is 8.70. The highest BCUT2D eigenvalue weighted by Crippen LogP contribution is 2.41. The van der Waals surface area contributed by atoms with Crippen LogP contribution in [0.4, 0.5) is 0 Å². The first-order chi connectivity index (χ1) is 13.0. The number of thioether (sulfide) groups is 1. The third-order valence-corrected chi connectivity index (χ3v) is 5.63. The van der Waals surface area contributed by atoms with Crippen LogP contribution in [-0.4, -0.2) is 24.4 Å². The highest BCUT2D eigenvalue weighted by molar-refractivity contribution is 7.98. The van der Waals surface area contributed by atoms with E-state index in [1.165, 1.54) is 5.56 Å². The van der Waals surface area contributed by atoms with Gasteiger partial charge in [-0.25, -0.2) is 0 Å². The van der Waals surface area contributed by atoms with Gasteiger partial charge in [-0.2, -0.15) is 11.8 Å². The van der Waals surface area contributed by atoms with Crippen molar-refractivity contribution in [2.45, 2.75) is 44.1 Å². The average molecular weight is 386 g/mol. The monoisotopic (exact) mass is 385 g/mol. The van der Waals surface area contributed by atoms with Gasteiger partial charge >= 0.3 is 0 Å². The molecule has 27 heavy (non-hydrogen) atoms. The summed E-state index contributed by atoms with van der Waals surface area (Å²) in [6.07, 6.45) is 1.26. The van der Waals surface area contributed by atoms with Gasteiger partial charge in [0.25, 0.3) is 0 Å². The molecule has 144 valence electrons. The molecular weight excluding hydrogens is 358 g/mol. The molecule has 1 aliphatic rings. The van der Waals surface area contributed by atoms with Crippen LogP contribution in [0.3, 0.4) is 0 Å². The molecule has 0 spiro atoms. The van der Waals surface area contributed by atoms with Crippen molar-refractivity contribution >= 4 is 17.7 Å². The maximum Gasteiger partial charge on any atom is 0.221 e. The number of methoxy groups -OCH3 is 1. The van der Waals surface area contributed by atoms with Crippen molar-refractivity contribution in [3.63, 3.8) is 0 Å². The van der Waals surface area contributed by atoms with E-state index in [0.29, 0.717) is 6.42 Å². The standard InChI is InChI=1S/C22H27NO3S/c1-22(2)14-19(18-10-9-17(25-3)13-20(18)26-22)23-21(24)11-12-27-15-16-7-5-4-6-8-16/h4-10,13,19H,11-12,14-15H2,1-3H3,(H,23,24). The summed E-state index contributed by atoms with van der Waals surface area (Å²) in [6, 6.07) is 16.1. The van der Waals surface area contributed by atoms with E-state index in [1.54, 1.807) is 18.9 Å². The Morgan fingerprint density at radius 3 is 2.78 bits per heavy atom. The Morgan fingerprint density at radius 1 is 1.26 bits per heavy atom. The first-order valence-corrected chi connectivity index (χ1v) is 10.4. The van der Waals surface area contributed by atoms with E-state index >= 15 is 0 Å². The van der Waals surface area contributed by atoms with Gasteiger partial charge in [-0.3, -0.25) is 4.79 Å². The third kappa shape index (κ3) is 5.42. The van der Waals surface area contributed by atoms with E-state index in [-0.39, 0.29) is 17.6 Å². The van der Waals surface area contributed by atoms with Crippen LogP contribution in [-0.2, 0) is 10.5 Å². The van der Waals surface area contributed by atoms with Crippen molar-refractivity contribution in [2.24, 2.45) is 0 Å². The van der Waals surface area contributed by atoms with E-state index in [1.807, 2.05) is 50.2 Å². The van der Waals surface area contributed by atoms with Crippen LogP contribution in [0.5, 0.6) is 11.5 Å². The number of fused-ring (bicyclic) bond motifs is 1. The lowest BCUT2D eigenvalue weighted by Gasteiger charge is -2.38. The number of ether oxygens (including phenoxy) is 2. The number of nitrogens with one attached hydrogen (secondary N) is 1. The second-order valence-corrected chi connectivity index (χ2v) is 8.48. The minimum absolute atomic E-state index is 0.0405. The predicted octanol–water partition coefficient (Wildman–Crippen LogP) is 4.74. The van der Waals surface area contributed by atoms with E-state index < -0.39 is 0 Å². The zero-order valence-electron chi connectivity index (χ0n) is 16.2. The largest absolute Gasteiger partial charge is 0.497 e. The highest BCUT2D eigenvalue weighted by Gasteiger charge is 2.34. The van der Waals surface area contributed by atoms with Crippen LogP contribution >= 0.6 is 11.8 Å². The summed E-state index contributed by atoms with van der Waals surface area (Å²) in [7, 11) is 1.64. The van der Waals surface area contributed by atoms with Gasteiger partial charge in [-0.15, -0.1) is 0 Å². The summed E-state index contributed by atoms with van der Waals surface area (Å²) in [5.74, 6) is 3.37.